The van der Waals surface area contributed by atoms with E-state index >= 15 is 0 Å². The van der Waals surface area contributed by atoms with Gasteiger partial charge in [0.15, 0.2) is 0 Å². The summed E-state index contributed by atoms with van der Waals surface area (Å²) in [6, 6.07) is 6.52. The molecule has 21 heavy (non-hydrogen) atoms. The van der Waals surface area contributed by atoms with Crippen LogP contribution in [0.15, 0.2) is 28.7 Å². The van der Waals surface area contributed by atoms with Crippen LogP contribution < -0.4 is 4.90 Å². The summed E-state index contributed by atoms with van der Waals surface area (Å²) < 4.78 is 1.00. The molecule has 0 aliphatic carbocycles. The molecule has 0 amide bonds. The average Bonchev–Trinajstić information content (AvgIpc) is 2.78. The van der Waals surface area contributed by atoms with Crippen molar-refractivity contribution >= 4 is 33.7 Å². The summed E-state index contributed by atoms with van der Waals surface area (Å²) in [6.45, 7) is 4.32. The fourth-order valence-electron chi connectivity index (χ4n) is 2.87. The molecule has 2 atom stereocenters. The lowest BCUT2D eigenvalue weighted by molar-refractivity contribution is -0.131. The topological polar surface area (TPSA) is 43.8 Å². The number of benzene rings is 1. The van der Waals surface area contributed by atoms with E-state index < -0.39 is 5.97 Å². The van der Waals surface area contributed by atoms with Crippen molar-refractivity contribution in [1.82, 2.24) is 4.90 Å². The number of likely N-dealkylation sites (N-methyl/N-ethyl adjacent to an activating group) is 1. The van der Waals surface area contributed by atoms with Gasteiger partial charge in [0.1, 0.15) is 0 Å². The first-order chi connectivity index (χ1) is 9.88. The minimum absolute atomic E-state index is 0.559. The maximum Gasteiger partial charge on any atom is 0.328 e. The van der Waals surface area contributed by atoms with Gasteiger partial charge in [0.2, 0.25) is 0 Å². The second-order valence-electron chi connectivity index (χ2n) is 5.80. The maximum absolute atomic E-state index is 10.6. The molecule has 1 saturated heterocycles. The summed E-state index contributed by atoms with van der Waals surface area (Å²) in [4.78, 5) is 15.2. The summed E-state index contributed by atoms with van der Waals surface area (Å²) in [5.74, 6) is -0.309. The summed E-state index contributed by atoms with van der Waals surface area (Å²) in [6.07, 6.45) is 2.76. The summed E-state index contributed by atoms with van der Waals surface area (Å²) in [7, 11) is 4.25. The van der Waals surface area contributed by atoms with Crippen LogP contribution in [0.5, 0.6) is 0 Å². The Hall–Kier alpha value is -1.33. The molecule has 114 valence electrons. The van der Waals surface area contributed by atoms with E-state index in [-0.39, 0.29) is 0 Å². The van der Waals surface area contributed by atoms with Gasteiger partial charge in [0, 0.05) is 29.7 Å². The number of nitrogens with zero attached hydrogens (tertiary/aromatic N) is 2. The van der Waals surface area contributed by atoms with Crippen LogP contribution >= 0.6 is 15.9 Å². The Kier molecular flexibility index (Phi) is 5.06. The van der Waals surface area contributed by atoms with E-state index in [9.17, 15) is 4.79 Å². The molecule has 0 bridgehead atoms. The van der Waals surface area contributed by atoms with Gasteiger partial charge in [-0.3, -0.25) is 0 Å². The van der Waals surface area contributed by atoms with Crippen LogP contribution in [0.25, 0.3) is 6.08 Å². The first kappa shape index (κ1) is 16.0. The summed E-state index contributed by atoms with van der Waals surface area (Å²) in [5, 5.41) is 8.67. The molecule has 1 aromatic carbocycles. The van der Waals surface area contributed by atoms with Crippen LogP contribution in [0.1, 0.15) is 12.5 Å². The number of aliphatic carboxylic acids is 1. The molecule has 0 radical (unpaired) electrons. The van der Waals surface area contributed by atoms with Gasteiger partial charge in [-0.05, 0) is 59.7 Å². The highest BCUT2D eigenvalue weighted by Crippen LogP contribution is 2.32. The van der Waals surface area contributed by atoms with Crippen LogP contribution in [0.4, 0.5) is 5.69 Å². The highest BCUT2D eigenvalue weighted by molar-refractivity contribution is 9.10. The predicted molar refractivity (Wildman–Crippen MR) is 89.7 cm³/mol. The van der Waals surface area contributed by atoms with Crippen molar-refractivity contribution < 1.29 is 9.90 Å². The quantitative estimate of drug-likeness (QED) is 0.846. The van der Waals surface area contributed by atoms with Gasteiger partial charge in [0.25, 0.3) is 0 Å². The molecule has 1 N–H and O–H groups in total. The highest BCUT2D eigenvalue weighted by Gasteiger charge is 2.31. The molecule has 0 aromatic heterocycles. The zero-order valence-corrected chi connectivity index (χ0v) is 14.2. The Balaban J connectivity index is 2.17. The molecule has 2 unspecified atom stereocenters. The Bertz CT molecular complexity index is 557. The average molecular weight is 353 g/mol. The number of hydrogen-bond acceptors (Lipinski definition) is 3. The zero-order valence-electron chi connectivity index (χ0n) is 12.6. The number of hydrogen-bond donors (Lipinski definition) is 1. The lowest BCUT2D eigenvalue weighted by Gasteiger charge is -2.23. The minimum Gasteiger partial charge on any atom is -0.478 e. The standard InChI is InChI=1S/C16H21BrN2O2/c1-11-9-19(10-15(11)18(2)3)14-6-4-12(8-13(14)17)5-7-16(20)21/h4-8,11,15H,9-10H2,1-3H3,(H,20,21)/b7-5+. The molecular weight excluding hydrogens is 332 g/mol. The number of carbonyl (C=O) groups is 1. The Morgan fingerprint density at radius 1 is 1.43 bits per heavy atom. The number of halogens is 1. The molecule has 5 heteroatoms. The molecule has 4 nitrogen and oxygen atoms in total. The van der Waals surface area contributed by atoms with E-state index in [1.165, 1.54) is 5.69 Å². The maximum atomic E-state index is 10.6. The van der Waals surface area contributed by atoms with Crippen LogP contribution in [-0.4, -0.2) is 49.2 Å². The predicted octanol–water partition coefficient (Wildman–Crippen LogP) is 2.93. The van der Waals surface area contributed by atoms with E-state index in [4.69, 9.17) is 5.11 Å². The smallest absolute Gasteiger partial charge is 0.328 e. The molecular formula is C16H21BrN2O2. The molecule has 2 rings (SSSR count). The minimum atomic E-state index is -0.933. The largest absolute Gasteiger partial charge is 0.478 e. The fourth-order valence-corrected chi connectivity index (χ4v) is 3.52. The van der Waals surface area contributed by atoms with Gasteiger partial charge in [0.05, 0.1) is 5.69 Å². The molecule has 0 spiro atoms. The first-order valence-electron chi connectivity index (χ1n) is 7.00. The van der Waals surface area contributed by atoms with Gasteiger partial charge < -0.3 is 14.9 Å². The first-order valence-corrected chi connectivity index (χ1v) is 7.79. The molecule has 0 saturated carbocycles. The van der Waals surface area contributed by atoms with Gasteiger partial charge in [-0.15, -0.1) is 0 Å². The van der Waals surface area contributed by atoms with Crippen molar-refractivity contribution in [2.24, 2.45) is 5.92 Å². The third kappa shape index (κ3) is 3.86. The second-order valence-corrected chi connectivity index (χ2v) is 6.65. The van der Waals surface area contributed by atoms with Gasteiger partial charge >= 0.3 is 5.97 Å². The van der Waals surface area contributed by atoms with Crippen molar-refractivity contribution in [3.05, 3.63) is 34.3 Å². The number of carboxylic acid groups (broad SMARTS) is 1. The number of rotatable bonds is 4. The van der Waals surface area contributed by atoms with Crippen molar-refractivity contribution in [3.8, 4) is 0 Å². The monoisotopic (exact) mass is 352 g/mol. The van der Waals surface area contributed by atoms with Crippen LogP contribution in [0, 0.1) is 5.92 Å². The number of anilines is 1. The van der Waals surface area contributed by atoms with Gasteiger partial charge in [-0.1, -0.05) is 13.0 Å². The lowest BCUT2D eigenvalue weighted by Crippen LogP contribution is -2.34. The second kappa shape index (κ2) is 6.62. The fraction of sp³-hybridized carbons (Fsp3) is 0.438. The van der Waals surface area contributed by atoms with E-state index in [0.717, 1.165) is 29.2 Å². The van der Waals surface area contributed by atoms with Crippen LogP contribution in [0.2, 0.25) is 0 Å². The Labute approximate surface area is 134 Å². The zero-order chi connectivity index (χ0) is 15.6. The summed E-state index contributed by atoms with van der Waals surface area (Å²) >= 11 is 3.60. The normalized spacial score (nSPS) is 22.4. The highest BCUT2D eigenvalue weighted by atomic mass is 79.9. The van der Waals surface area contributed by atoms with Crippen molar-refractivity contribution in [2.45, 2.75) is 13.0 Å². The van der Waals surface area contributed by atoms with E-state index in [1.807, 2.05) is 12.1 Å². The third-order valence-electron chi connectivity index (χ3n) is 3.97. The van der Waals surface area contributed by atoms with Crippen molar-refractivity contribution in [1.29, 1.82) is 0 Å². The SMILES string of the molecule is CC1CN(c2ccc(/C=C/C(=O)O)cc2Br)CC1N(C)C. The van der Waals surface area contributed by atoms with Gasteiger partial charge in [-0.2, -0.15) is 0 Å². The Morgan fingerprint density at radius 2 is 2.14 bits per heavy atom. The Morgan fingerprint density at radius 3 is 2.67 bits per heavy atom. The molecule has 1 fully saturated rings. The van der Waals surface area contributed by atoms with Gasteiger partial charge in [-0.25, -0.2) is 4.79 Å². The molecule has 1 heterocycles. The molecule has 1 aliphatic heterocycles. The van der Waals surface area contributed by atoms with E-state index in [0.29, 0.717) is 12.0 Å². The molecule has 1 aromatic rings. The number of carboxylic acids is 1. The lowest BCUT2D eigenvalue weighted by atomic mass is 10.1. The van der Waals surface area contributed by atoms with Crippen molar-refractivity contribution in [2.75, 3.05) is 32.1 Å². The van der Waals surface area contributed by atoms with Crippen LogP contribution in [0.3, 0.4) is 0 Å². The van der Waals surface area contributed by atoms with E-state index in [1.54, 1.807) is 6.08 Å². The van der Waals surface area contributed by atoms with E-state index in [2.05, 4.69) is 52.8 Å². The van der Waals surface area contributed by atoms with Crippen LogP contribution in [-0.2, 0) is 4.79 Å². The summed E-state index contributed by atoms with van der Waals surface area (Å²) in [5.41, 5.74) is 2.04. The third-order valence-corrected chi connectivity index (χ3v) is 4.60. The van der Waals surface area contributed by atoms with Crippen molar-refractivity contribution in [3.63, 3.8) is 0 Å². The molecule has 1 aliphatic rings.